The van der Waals surface area contributed by atoms with Crippen molar-refractivity contribution >= 4 is 21.9 Å². The molecule has 7 nitrogen and oxygen atoms in total. The van der Waals surface area contributed by atoms with Crippen molar-refractivity contribution in [3.05, 3.63) is 29.8 Å². The van der Waals surface area contributed by atoms with Crippen molar-refractivity contribution in [1.82, 2.24) is 4.72 Å². The predicted molar refractivity (Wildman–Crippen MR) is 85.3 cm³/mol. The van der Waals surface area contributed by atoms with Crippen molar-refractivity contribution < 1.29 is 23.1 Å². The summed E-state index contributed by atoms with van der Waals surface area (Å²) in [6.07, 6.45) is -0.424. The van der Waals surface area contributed by atoms with Crippen LogP contribution < -0.4 is 10.5 Å². The van der Waals surface area contributed by atoms with E-state index in [-0.39, 0.29) is 23.2 Å². The number of primary amides is 1. The number of aliphatic carboxylic acids is 1. The smallest absolute Gasteiger partial charge is 0.321 e. The average Bonchev–Trinajstić information content (AvgIpc) is 2.42. The molecule has 0 aliphatic carbocycles. The van der Waals surface area contributed by atoms with E-state index in [1.807, 2.05) is 20.8 Å². The van der Waals surface area contributed by atoms with Gasteiger partial charge in [-0.1, -0.05) is 32.9 Å². The van der Waals surface area contributed by atoms with Gasteiger partial charge in [0.1, 0.15) is 6.04 Å². The third-order valence-corrected chi connectivity index (χ3v) is 4.79. The molecule has 0 heterocycles. The Bertz CT molecular complexity index is 675. The van der Waals surface area contributed by atoms with E-state index >= 15 is 0 Å². The summed E-state index contributed by atoms with van der Waals surface area (Å²) in [6.45, 7) is 6.00. The largest absolute Gasteiger partial charge is 0.480 e. The summed E-state index contributed by atoms with van der Waals surface area (Å²) < 4.78 is 26.6. The Kier molecular flexibility index (Phi) is 5.90. The molecule has 0 saturated carbocycles. The highest BCUT2D eigenvalue weighted by Gasteiger charge is 2.26. The average molecular weight is 342 g/mol. The van der Waals surface area contributed by atoms with Crippen LogP contribution in [0.5, 0.6) is 0 Å². The van der Waals surface area contributed by atoms with Crippen molar-refractivity contribution in [2.24, 2.45) is 5.73 Å². The van der Waals surface area contributed by atoms with Crippen molar-refractivity contribution in [2.75, 3.05) is 0 Å². The van der Waals surface area contributed by atoms with Gasteiger partial charge in [-0.3, -0.25) is 9.59 Å². The second kappa shape index (κ2) is 7.10. The number of sulfonamides is 1. The van der Waals surface area contributed by atoms with Crippen LogP contribution in [-0.2, 0) is 25.0 Å². The number of hydrogen-bond donors (Lipinski definition) is 3. The van der Waals surface area contributed by atoms with Crippen LogP contribution in [0.2, 0.25) is 0 Å². The van der Waals surface area contributed by atoms with Crippen LogP contribution in [0.4, 0.5) is 0 Å². The molecule has 0 aliphatic heterocycles. The predicted octanol–water partition coefficient (Wildman–Crippen LogP) is 0.981. The standard InChI is InChI=1S/C15H22N2O5S/c1-15(2,3)10-4-6-11(7-5-10)23(21,22)17-12(14(19)20)8-9-13(16)18/h4-7,12,17H,8-9H2,1-3H3,(H2,16,18)(H,19,20)/t12-/m1/s1. The van der Waals surface area contributed by atoms with Gasteiger partial charge in [0.2, 0.25) is 15.9 Å². The molecule has 0 saturated heterocycles. The molecular weight excluding hydrogens is 320 g/mol. The number of carboxylic acid groups (broad SMARTS) is 1. The van der Waals surface area contributed by atoms with Crippen molar-refractivity contribution in [3.63, 3.8) is 0 Å². The lowest BCUT2D eigenvalue weighted by molar-refractivity contribution is -0.139. The van der Waals surface area contributed by atoms with E-state index in [0.29, 0.717) is 0 Å². The van der Waals surface area contributed by atoms with Crippen LogP contribution >= 0.6 is 0 Å². The van der Waals surface area contributed by atoms with E-state index in [2.05, 4.69) is 4.72 Å². The van der Waals surface area contributed by atoms with Crippen LogP contribution in [0.15, 0.2) is 29.2 Å². The Morgan fingerprint density at radius 1 is 1.22 bits per heavy atom. The molecular formula is C15H22N2O5S. The molecule has 23 heavy (non-hydrogen) atoms. The van der Waals surface area contributed by atoms with E-state index in [1.54, 1.807) is 12.1 Å². The monoisotopic (exact) mass is 342 g/mol. The minimum atomic E-state index is -4.00. The van der Waals surface area contributed by atoms with E-state index < -0.39 is 27.9 Å². The summed E-state index contributed by atoms with van der Waals surface area (Å²) in [5.74, 6) is -2.05. The van der Waals surface area contributed by atoms with Gasteiger partial charge in [0.15, 0.2) is 0 Å². The summed E-state index contributed by atoms with van der Waals surface area (Å²) in [7, 11) is -4.00. The summed E-state index contributed by atoms with van der Waals surface area (Å²) in [4.78, 5) is 21.8. The van der Waals surface area contributed by atoms with Gasteiger partial charge in [-0.25, -0.2) is 8.42 Å². The molecule has 0 fully saturated rings. The molecule has 1 rings (SSSR count). The molecule has 1 aromatic carbocycles. The van der Waals surface area contributed by atoms with E-state index in [9.17, 15) is 18.0 Å². The molecule has 0 bridgehead atoms. The number of carboxylic acids is 1. The molecule has 1 aromatic rings. The second-order valence-electron chi connectivity index (χ2n) is 6.29. The molecule has 4 N–H and O–H groups in total. The quantitative estimate of drug-likeness (QED) is 0.681. The van der Waals surface area contributed by atoms with Crippen LogP contribution in [0, 0.1) is 0 Å². The first-order valence-corrected chi connectivity index (χ1v) is 8.56. The lowest BCUT2D eigenvalue weighted by atomic mass is 9.87. The number of rotatable bonds is 7. The Labute approximate surface area is 135 Å². The molecule has 128 valence electrons. The van der Waals surface area contributed by atoms with Gasteiger partial charge in [-0.05, 0) is 29.5 Å². The first-order valence-electron chi connectivity index (χ1n) is 7.07. The molecule has 0 radical (unpaired) electrons. The molecule has 0 spiro atoms. The third-order valence-electron chi connectivity index (χ3n) is 3.31. The maximum Gasteiger partial charge on any atom is 0.321 e. The van der Waals surface area contributed by atoms with Gasteiger partial charge in [-0.2, -0.15) is 4.72 Å². The minimum Gasteiger partial charge on any atom is -0.480 e. The van der Waals surface area contributed by atoms with E-state index in [1.165, 1.54) is 12.1 Å². The number of hydrogen-bond acceptors (Lipinski definition) is 4. The molecule has 0 aromatic heterocycles. The first kappa shape index (κ1) is 19.1. The normalized spacial score (nSPS) is 13.5. The van der Waals surface area contributed by atoms with Gasteiger partial charge in [-0.15, -0.1) is 0 Å². The molecule has 0 unspecified atom stereocenters. The number of amides is 1. The molecule has 0 aliphatic rings. The SMILES string of the molecule is CC(C)(C)c1ccc(S(=O)(=O)N[C@H](CCC(N)=O)C(=O)O)cc1. The lowest BCUT2D eigenvalue weighted by Gasteiger charge is -2.19. The van der Waals surface area contributed by atoms with Crippen LogP contribution in [0.3, 0.4) is 0 Å². The Hall–Kier alpha value is -1.93. The number of benzene rings is 1. The zero-order valence-corrected chi connectivity index (χ0v) is 14.2. The summed E-state index contributed by atoms with van der Waals surface area (Å²) in [5.41, 5.74) is 5.80. The number of carbonyl (C=O) groups excluding carboxylic acids is 1. The molecule has 8 heteroatoms. The molecule has 1 amide bonds. The summed E-state index contributed by atoms with van der Waals surface area (Å²) in [5, 5.41) is 9.07. The van der Waals surface area contributed by atoms with Crippen LogP contribution in [0.1, 0.15) is 39.2 Å². The van der Waals surface area contributed by atoms with Crippen molar-refractivity contribution in [1.29, 1.82) is 0 Å². The fourth-order valence-corrected chi connectivity index (χ4v) is 3.13. The fraction of sp³-hybridized carbons (Fsp3) is 0.467. The van der Waals surface area contributed by atoms with Crippen LogP contribution in [0.25, 0.3) is 0 Å². The van der Waals surface area contributed by atoms with Crippen molar-refractivity contribution in [2.45, 2.75) is 50.0 Å². The lowest BCUT2D eigenvalue weighted by Crippen LogP contribution is -2.41. The van der Waals surface area contributed by atoms with Gasteiger partial charge >= 0.3 is 5.97 Å². The Morgan fingerprint density at radius 3 is 2.13 bits per heavy atom. The number of carbonyl (C=O) groups is 2. The molecule has 1 atom stereocenters. The first-order chi connectivity index (χ1) is 10.4. The second-order valence-corrected chi connectivity index (χ2v) is 8.01. The van der Waals surface area contributed by atoms with Gasteiger partial charge < -0.3 is 10.8 Å². The maximum atomic E-state index is 12.3. The minimum absolute atomic E-state index is 0.0316. The zero-order chi connectivity index (χ0) is 17.8. The Balaban J connectivity index is 2.96. The van der Waals surface area contributed by atoms with Crippen LogP contribution in [-0.4, -0.2) is 31.4 Å². The maximum absolute atomic E-state index is 12.3. The van der Waals surface area contributed by atoms with Crippen molar-refractivity contribution in [3.8, 4) is 0 Å². The zero-order valence-electron chi connectivity index (χ0n) is 13.4. The summed E-state index contributed by atoms with van der Waals surface area (Å²) in [6, 6.07) is 4.82. The highest BCUT2D eigenvalue weighted by Crippen LogP contribution is 2.23. The highest BCUT2D eigenvalue weighted by atomic mass is 32.2. The topological polar surface area (TPSA) is 127 Å². The number of nitrogens with one attached hydrogen (secondary N) is 1. The van der Waals surface area contributed by atoms with E-state index in [4.69, 9.17) is 10.8 Å². The Morgan fingerprint density at radius 2 is 1.74 bits per heavy atom. The fourth-order valence-electron chi connectivity index (χ4n) is 1.91. The third kappa shape index (κ3) is 5.65. The highest BCUT2D eigenvalue weighted by molar-refractivity contribution is 7.89. The van der Waals surface area contributed by atoms with Gasteiger partial charge in [0, 0.05) is 6.42 Å². The number of nitrogens with two attached hydrogens (primary N) is 1. The van der Waals surface area contributed by atoms with Gasteiger partial charge in [0.25, 0.3) is 0 Å². The van der Waals surface area contributed by atoms with Gasteiger partial charge in [0.05, 0.1) is 4.90 Å². The summed E-state index contributed by atoms with van der Waals surface area (Å²) >= 11 is 0. The van der Waals surface area contributed by atoms with E-state index in [0.717, 1.165) is 5.56 Å².